The molecule has 2 aromatic carbocycles. The van der Waals surface area contributed by atoms with E-state index in [9.17, 15) is 23.1 Å². The fraction of sp³-hybridized carbons (Fsp3) is 0.393. The summed E-state index contributed by atoms with van der Waals surface area (Å²) >= 11 is 0.932. The number of aryl methyl sites for hydroxylation is 1. The van der Waals surface area contributed by atoms with Gasteiger partial charge in [0.15, 0.2) is 5.69 Å². The molecular formula is C28H27F3N4O4S. The Labute approximate surface area is 232 Å². The maximum absolute atomic E-state index is 12.9. The van der Waals surface area contributed by atoms with Gasteiger partial charge in [0.25, 0.3) is 0 Å². The lowest BCUT2D eigenvalue weighted by atomic mass is 9.97. The number of carboxylic acid groups (broad SMARTS) is 1. The first-order valence-corrected chi connectivity index (χ1v) is 13.9. The third-order valence-corrected chi connectivity index (χ3v) is 8.22. The summed E-state index contributed by atoms with van der Waals surface area (Å²) in [6, 6.07) is 9.05. The Hall–Kier alpha value is -3.48. The van der Waals surface area contributed by atoms with E-state index < -0.39 is 17.8 Å². The van der Waals surface area contributed by atoms with Gasteiger partial charge >= 0.3 is 12.1 Å². The molecule has 1 saturated heterocycles. The maximum Gasteiger partial charge on any atom is 0.434 e. The van der Waals surface area contributed by atoms with Crippen LogP contribution in [-0.4, -0.2) is 49.8 Å². The molecule has 0 unspecified atom stereocenters. The highest BCUT2D eigenvalue weighted by Gasteiger charge is 2.33. The molecule has 1 fully saturated rings. The highest BCUT2D eigenvalue weighted by Crippen LogP contribution is 2.32. The van der Waals surface area contributed by atoms with E-state index in [1.54, 1.807) is 18.2 Å². The standard InChI is InChI=1S/C28H27F3N4O4S/c1-16-8-17-4-6-34(11-19(17)10-23(16)39-14-26-33-24(15-40-26)28(29,30)31)13-25-32-21-3-2-18(27(36)37)9-22(21)35(25)12-20-5-7-38-20/h2-3,8-10,15,20H,4-7,11-14H2,1H3,(H,36,37)/t20-/m0/s1. The number of thiazole rings is 1. The molecule has 12 heteroatoms. The molecule has 210 valence electrons. The van der Waals surface area contributed by atoms with Gasteiger partial charge in [-0.15, -0.1) is 11.3 Å². The van der Waals surface area contributed by atoms with E-state index in [-0.39, 0.29) is 23.3 Å². The zero-order chi connectivity index (χ0) is 28.0. The Kier molecular flexibility index (Phi) is 7.01. The Morgan fingerprint density at radius 1 is 1.23 bits per heavy atom. The number of hydrogen-bond acceptors (Lipinski definition) is 7. The van der Waals surface area contributed by atoms with Crippen molar-refractivity contribution in [3.05, 3.63) is 74.5 Å². The molecule has 2 aliphatic rings. The highest BCUT2D eigenvalue weighted by atomic mass is 32.1. The van der Waals surface area contributed by atoms with E-state index >= 15 is 0 Å². The van der Waals surface area contributed by atoms with Gasteiger partial charge in [0.05, 0.1) is 35.8 Å². The third-order valence-electron chi connectivity index (χ3n) is 7.40. The quantitative estimate of drug-likeness (QED) is 0.301. The molecule has 0 spiro atoms. The number of hydrogen-bond donors (Lipinski definition) is 1. The average Bonchev–Trinajstić information content (AvgIpc) is 3.49. The van der Waals surface area contributed by atoms with Gasteiger partial charge in [-0.05, 0) is 60.7 Å². The second-order valence-electron chi connectivity index (χ2n) is 10.2. The monoisotopic (exact) mass is 572 g/mol. The summed E-state index contributed by atoms with van der Waals surface area (Å²) in [7, 11) is 0. The van der Waals surface area contributed by atoms with E-state index in [4.69, 9.17) is 14.5 Å². The highest BCUT2D eigenvalue weighted by molar-refractivity contribution is 7.09. The van der Waals surface area contributed by atoms with Crippen molar-refractivity contribution >= 4 is 28.3 Å². The number of alkyl halides is 3. The number of halogens is 3. The molecule has 2 aromatic heterocycles. The van der Waals surface area contributed by atoms with E-state index in [0.29, 0.717) is 25.4 Å². The molecule has 4 aromatic rings. The normalized spacial score (nSPS) is 17.6. The van der Waals surface area contributed by atoms with Crippen LogP contribution in [0.4, 0.5) is 13.2 Å². The first-order valence-electron chi connectivity index (χ1n) is 13.0. The summed E-state index contributed by atoms with van der Waals surface area (Å²) in [5.74, 6) is 0.497. The summed E-state index contributed by atoms with van der Waals surface area (Å²) in [5.41, 5.74) is 4.09. The predicted octanol–water partition coefficient (Wildman–Crippen LogP) is 5.44. The van der Waals surface area contributed by atoms with E-state index in [1.165, 1.54) is 5.56 Å². The van der Waals surface area contributed by atoms with Crippen molar-refractivity contribution < 1.29 is 32.5 Å². The van der Waals surface area contributed by atoms with Gasteiger partial charge in [-0.2, -0.15) is 13.2 Å². The van der Waals surface area contributed by atoms with E-state index in [2.05, 4.69) is 20.5 Å². The molecule has 0 amide bonds. The number of carbonyl (C=O) groups is 1. The first kappa shape index (κ1) is 26.7. The van der Waals surface area contributed by atoms with E-state index in [1.807, 2.05) is 13.0 Å². The lowest BCUT2D eigenvalue weighted by Gasteiger charge is -2.31. The van der Waals surface area contributed by atoms with Crippen LogP contribution in [-0.2, 0) is 43.6 Å². The van der Waals surface area contributed by atoms with Crippen LogP contribution in [0, 0.1) is 6.92 Å². The van der Waals surface area contributed by atoms with Crippen molar-refractivity contribution in [2.75, 3.05) is 13.2 Å². The molecule has 0 aliphatic carbocycles. The number of aromatic nitrogens is 3. The van der Waals surface area contributed by atoms with E-state index in [0.717, 1.165) is 70.7 Å². The SMILES string of the molecule is Cc1cc2c(cc1OCc1nc(C(F)(F)F)cs1)CN(Cc1nc3ccc(C(=O)O)cc3n1C[C@@H]1CCO1)CC2. The van der Waals surface area contributed by atoms with Crippen LogP contribution < -0.4 is 4.74 Å². The van der Waals surface area contributed by atoms with Crippen LogP contribution in [0.3, 0.4) is 0 Å². The second-order valence-corrected chi connectivity index (χ2v) is 11.1. The average molecular weight is 573 g/mol. The van der Waals surface area contributed by atoms with Crippen LogP contribution >= 0.6 is 11.3 Å². The first-order chi connectivity index (χ1) is 19.1. The van der Waals surface area contributed by atoms with Gasteiger partial charge in [0.1, 0.15) is 23.2 Å². The lowest BCUT2D eigenvalue weighted by molar-refractivity contribution is -0.140. The minimum Gasteiger partial charge on any atom is -0.486 e. The molecule has 8 nitrogen and oxygen atoms in total. The summed E-state index contributed by atoms with van der Waals surface area (Å²) in [6.45, 7) is 5.30. The topological polar surface area (TPSA) is 89.7 Å². The number of aromatic carboxylic acids is 1. The number of nitrogens with zero attached hydrogens (tertiary/aromatic N) is 4. The van der Waals surface area contributed by atoms with Crippen molar-refractivity contribution in [3.8, 4) is 5.75 Å². The van der Waals surface area contributed by atoms with Gasteiger partial charge in [-0.25, -0.2) is 14.8 Å². The van der Waals surface area contributed by atoms with Gasteiger partial charge in [-0.1, -0.05) is 6.07 Å². The molecule has 1 N–H and O–H groups in total. The molecule has 0 radical (unpaired) electrons. The van der Waals surface area contributed by atoms with Crippen LogP contribution in [0.25, 0.3) is 11.0 Å². The zero-order valence-electron chi connectivity index (χ0n) is 21.7. The van der Waals surface area contributed by atoms with Gasteiger partial charge < -0.3 is 19.1 Å². The van der Waals surface area contributed by atoms with Crippen molar-refractivity contribution in [1.29, 1.82) is 0 Å². The van der Waals surface area contributed by atoms with Crippen molar-refractivity contribution in [1.82, 2.24) is 19.4 Å². The minimum atomic E-state index is -4.47. The van der Waals surface area contributed by atoms with Crippen molar-refractivity contribution in [2.45, 2.75) is 58.3 Å². The number of benzene rings is 2. The Bertz CT molecular complexity index is 1580. The second kappa shape index (κ2) is 10.5. The van der Waals surface area contributed by atoms with Crippen LogP contribution in [0.2, 0.25) is 0 Å². The molecule has 1 atom stereocenters. The number of imidazole rings is 1. The van der Waals surface area contributed by atoms with Crippen molar-refractivity contribution in [3.63, 3.8) is 0 Å². The molecule has 0 bridgehead atoms. The van der Waals surface area contributed by atoms with Gasteiger partial charge in [-0.3, -0.25) is 4.90 Å². The van der Waals surface area contributed by atoms with Crippen LogP contribution in [0.1, 0.15) is 50.0 Å². The Morgan fingerprint density at radius 3 is 2.75 bits per heavy atom. The Balaban J connectivity index is 1.20. The maximum atomic E-state index is 12.9. The molecule has 40 heavy (non-hydrogen) atoms. The summed E-state index contributed by atoms with van der Waals surface area (Å²) in [5, 5.41) is 10.8. The summed E-state index contributed by atoms with van der Waals surface area (Å²) < 4.78 is 52.3. The molecule has 0 saturated carbocycles. The number of carboxylic acids is 1. The fourth-order valence-corrected chi connectivity index (χ4v) is 5.88. The molecular weight excluding hydrogens is 545 g/mol. The zero-order valence-corrected chi connectivity index (χ0v) is 22.5. The molecule has 2 aliphatic heterocycles. The number of rotatable bonds is 8. The number of fused-ring (bicyclic) bond motifs is 2. The Morgan fingerprint density at radius 2 is 2.05 bits per heavy atom. The summed E-state index contributed by atoms with van der Waals surface area (Å²) in [4.78, 5) is 22.4. The van der Waals surface area contributed by atoms with Crippen LogP contribution in [0.5, 0.6) is 5.75 Å². The smallest absolute Gasteiger partial charge is 0.434 e. The largest absolute Gasteiger partial charge is 0.486 e. The number of ether oxygens (including phenoxy) is 2. The van der Waals surface area contributed by atoms with Gasteiger partial charge in [0.2, 0.25) is 0 Å². The third kappa shape index (κ3) is 5.43. The fourth-order valence-electron chi connectivity index (χ4n) is 5.17. The lowest BCUT2D eigenvalue weighted by Crippen LogP contribution is -2.34. The molecule has 6 rings (SSSR count). The summed E-state index contributed by atoms with van der Waals surface area (Å²) in [6.07, 6.45) is -2.59. The van der Waals surface area contributed by atoms with Crippen molar-refractivity contribution in [2.24, 2.45) is 0 Å². The predicted molar refractivity (Wildman–Crippen MR) is 141 cm³/mol. The minimum absolute atomic E-state index is 0.0321. The van der Waals surface area contributed by atoms with Crippen LogP contribution in [0.15, 0.2) is 35.7 Å². The van der Waals surface area contributed by atoms with Gasteiger partial charge in [0, 0.05) is 25.1 Å². The molecule has 4 heterocycles.